The molecule has 0 spiro atoms. The Morgan fingerprint density at radius 1 is 0.348 bits per heavy atom. The van der Waals surface area contributed by atoms with Gasteiger partial charge in [-0.15, -0.1) is 0 Å². The standard InChI is InChI=1S/C84H111N17O11/c1-52(2)73(100-75(103)62(89)35-19-23-41-85)83(111)98-70(47-57-31-13-8-14-32-57)79(107)94-67(40-22-26-44-88)77(105)101-74(53(3)4)84(112)99-69(46-56-29-11-7-12-30-56)78(106)93-66(39-21-25-43-87)76(104)96-72(49-59-51-91-65-38-18-16-34-61(59)65)82(110)95-68(45-55-27-9-6-10-28-55)80(108)97-71(48-58-50-90-64-37-17-15-33-60(58)64)81(109)92-63(54(5)102)36-20-24-42-86/h6-18,27-34,37-38,45-47,50-53,62-63,66-67,71-74,90-91H,19-26,35-36,39-44,48-49,85-89H2,1-5H3,(H,92,109)(H,93,106)(H,94,107)(H,95,110)(H,96,104)(H,97,108)(H,98,111)(H,99,112)(H,100,103)(H,101,105)/b68-45+,69-46+,70-47+/t62-,63-,66-,67-,71-,72-,73-,74-/m0/s1. The number of carbonyl (C=O) groups excluding carboxylic acids is 11. The zero-order chi connectivity index (χ0) is 81.1. The van der Waals surface area contributed by atoms with Crippen LogP contribution in [-0.4, -0.2) is 149 Å². The number of aromatic nitrogens is 2. The van der Waals surface area contributed by atoms with Gasteiger partial charge in [0.05, 0.1) is 12.1 Å². The summed E-state index contributed by atoms with van der Waals surface area (Å²) in [5, 5.41) is 29.4. The maximum atomic E-state index is 15.4. The van der Waals surface area contributed by atoms with Gasteiger partial charge in [0.1, 0.15) is 53.3 Å². The molecule has 10 amide bonds. The second-order valence-electron chi connectivity index (χ2n) is 28.5. The molecule has 22 N–H and O–H groups in total. The van der Waals surface area contributed by atoms with Crippen LogP contribution in [0.2, 0.25) is 0 Å². The molecule has 28 heteroatoms. The highest BCUT2D eigenvalue weighted by Gasteiger charge is 2.36. The minimum absolute atomic E-state index is 0.0234. The van der Waals surface area contributed by atoms with Crippen LogP contribution in [0.1, 0.15) is 139 Å². The lowest BCUT2D eigenvalue weighted by Crippen LogP contribution is -2.57. The van der Waals surface area contributed by atoms with Crippen molar-refractivity contribution in [2.24, 2.45) is 40.5 Å². The van der Waals surface area contributed by atoms with E-state index in [1.807, 2.05) is 48.5 Å². The SMILES string of the molecule is CC(=O)[C@H](CCCCN)NC(=O)[C@H](Cc1c[nH]c2ccccc12)NC(=O)/C(=C\c1ccccc1)NC(=O)[C@H](Cc1c[nH]c2ccccc12)NC(=O)[C@H](CCCCN)NC(=O)/C(=C\c1ccccc1)NC(=O)[C@@H](NC(=O)[C@H](CCCCN)NC(=O)/C(=C\c1ccccc1)NC(=O)[C@@H](NC(=O)[C@@H](N)CCCCN)C(C)C)C(C)C. The van der Waals surface area contributed by atoms with E-state index in [9.17, 15) is 33.6 Å². The largest absolute Gasteiger partial charge is 0.361 e. The lowest BCUT2D eigenvalue weighted by molar-refractivity contribution is -0.133. The van der Waals surface area contributed by atoms with Crippen molar-refractivity contribution < 1.29 is 52.7 Å². The molecule has 0 radical (unpaired) electrons. The van der Waals surface area contributed by atoms with Crippen molar-refractivity contribution in [3.63, 3.8) is 0 Å². The molecule has 5 aromatic carbocycles. The molecule has 0 fully saturated rings. The highest BCUT2D eigenvalue weighted by atomic mass is 16.2. The first-order valence-corrected chi connectivity index (χ1v) is 38.4. The summed E-state index contributed by atoms with van der Waals surface area (Å²) in [6.45, 7) is 9.40. The van der Waals surface area contributed by atoms with Gasteiger partial charge in [0.2, 0.25) is 41.4 Å². The minimum atomic E-state index is -1.50. The van der Waals surface area contributed by atoms with Crippen molar-refractivity contribution in [3.8, 4) is 0 Å². The molecule has 8 atom stereocenters. The Morgan fingerprint density at radius 3 is 1.04 bits per heavy atom. The van der Waals surface area contributed by atoms with E-state index in [-0.39, 0.29) is 61.6 Å². The average molecular weight is 1530 g/mol. The predicted octanol–water partition coefficient (Wildman–Crippen LogP) is 5.04. The Morgan fingerprint density at radius 2 is 0.661 bits per heavy atom. The monoisotopic (exact) mass is 1530 g/mol. The summed E-state index contributed by atoms with van der Waals surface area (Å²) < 4.78 is 0. The van der Waals surface area contributed by atoms with Gasteiger partial charge in [0, 0.05) is 47.0 Å². The number of unbranched alkanes of at least 4 members (excludes halogenated alkanes) is 4. The molecule has 0 bridgehead atoms. The molecule has 28 nitrogen and oxygen atoms in total. The smallest absolute Gasteiger partial charge is 0.268 e. The van der Waals surface area contributed by atoms with Gasteiger partial charge in [-0.05, 0) is 174 Å². The van der Waals surface area contributed by atoms with Crippen LogP contribution < -0.4 is 81.8 Å². The van der Waals surface area contributed by atoms with Crippen molar-refractivity contribution in [1.82, 2.24) is 63.1 Å². The lowest BCUT2D eigenvalue weighted by atomic mass is 10.0. The number of Topliss-reactive ketones (excluding diaryl/α,β-unsaturated/α-hetero) is 1. The minimum Gasteiger partial charge on any atom is -0.361 e. The van der Waals surface area contributed by atoms with E-state index in [0.29, 0.717) is 105 Å². The fourth-order valence-electron chi connectivity index (χ4n) is 12.6. The molecule has 2 heterocycles. The van der Waals surface area contributed by atoms with E-state index in [2.05, 4.69) is 63.1 Å². The number of benzene rings is 5. The van der Waals surface area contributed by atoms with Crippen LogP contribution >= 0.6 is 0 Å². The summed E-state index contributed by atoms with van der Waals surface area (Å²) in [5.41, 5.74) is 32.8. The molecule has 7 rings (SSSR count). The number of amides is 10. The molecule has 0 aliphatic carbocycles. The fourth-order valence-corrected chi connectivity index (χ4v) is 12.6. The summed E-state index contributed by atoms with van der Waals surface area (Å²) in [6.07, 6.45) is 11.9. The topological polar surface area (TPSA) is 470 Å². The van der Waals surface area contributed by atoms with E-state index < -0.39 is 119 Å². The molecule has 0 saturated heterocycles. The maximum Gasteiger partial charge on any atom is 0.268 e. The van der Waals surface area contributed by atoms with Gasteiger partial charge in [-0.1, -0.05) is 162 Å². The van der Waals surface area contributed by atoms with E-state index >= 15 is 19.2 Å². The van der Waals surface area contributed by atoms with Gasteiger partial charge in [-0.2, -0.15) is 0 Å². The summed E-state index contributed by atoms with van der Waals surface area (Å²) in [7, 11) is 0. The summed E-state index contributed by atoms with van der Waals surface area (Å²) in [4.78, 5) is 167. The summed E-state index contributed by atoms with van der Waals surface area (Å²) in [5.74, 6) is -9.50. The first-order chi connectivity index (χ1) is 53.9. The average Bonchev–Trinajstić information content (AvgIpc) is 1.67. The Hall–Kier alpha value is -11.4. The third-order valence-corrected chi connectivity index (χ3v) is 19.0. The number of carbonyl (C=O) groups is 11. The van der Waals surface area contributed by atoms with Crippen LogP contribution in [-0.2, 0) is 65.6 Å². The van der Waals surface area contributed by atoms with Gasteiger partial charge in [0.15, 0.2) is 5.78 Å². The molecule has 112 heavy (non-hydrogen) atoms. The second kappa shape index (κ2) is 45.7. The highest BCUT2D eigenvalue weighted by molar-refractivity contribution is 6.08. The van der Waals surface area contributed by atoms with E-state index in [1.54, 1.807) is 131 Å². The lowest BCUT2D eigenvalue weighted by Gasteiger charge is -2.27. The van der Waals surface area contributed by atoms with Crippen LogP contribution in [0, 0.1) is 11.8 Å². The first-order valence-electron chi connectivity index (χ1n) is 38.4. The molecular formula is C84H111N17O11. The molecule has 0 aliphatic rings. The van der Waals surface area contributed by atoms with Gasteiger partial charge >= 0.3 is 0 Å². The number of H-pyrrole nitrogens is 2. The Kier molecular flexibility index (Phi) is 35.8. The second-order valence-corrected chi connectivity index (χ2v) is 28.5. The molecule has 598 valence electrons. The van der Waals surface area contributed by atoms with Gasteiger partial charge in [-0.3, -0.25) is 52.7 Å². The Balaban J connectivity index is 1.17. The molecule has 7 aromatic rings. The number of hydrogen-bond acceptors (Lipinski definition) is 16. The molecular weight excluding hydrogens is 1420 g/mol. The number of para-hydroxylation sites is 2. The number of aromatic amines is 2. The van der Waals surface area contributed by atoms with E-state index in [1.165, 1.54) is 25.2 Å². The summed E-state index contributed by atoms with van der Waals surface area (Å²) in [6, 6.07) is 30.6. The van der Waals surface area contributed by atoms with Gasteiger partial charge < -0.3 is 91.8 Å². The third-order valence-electron chi connectivity index (χ3n) is 19.0. The van der Waals surface area contributed by atoms with Crippen molar-refractivity contribution in [3.05, 3.63) is 197 Å². The zero-order valence-corrected chi connectivity index (χ0v) is 64.5. The van der Waals surface area contributed by atoms with E-state index in [0.717, 1.165) is 21.8 Å². The number of nitrogens with two attached hydrogens (primary N) is 5. The Bertz CT molecular complexity index is 4390. The molecule has 0 saturated carbocycles. The molecule has 0 aliphatic heterocycles. The number of hydrogen-bond donors (Lipinski definition) is 17. The number of ketones is 1. The predicted molar refractivity (Wildman–Crippen MR) is 435 cm³/mol. The van der Waals surface area contributed by atoms with Crippen LogP contribution in [0.5, 0.6) is 0 Å². The summed E-state index contributed by atoms with van der Waals surface area (Å²) >= 11 is 0. The highest BCUT2D eigenvalue weighted by Crippen LogP contribution is 2.23. The van der Waals surface area contributed by atoms with Crippen LogP contribution in [0.25, 0.3) is 40.0 Å². The third kappa shape index (κ3) is 27.5. The van der Waals surface area contributed by atoms with Crippen LogP contribution in [0.15, 0.2) is 169 Å². The van der Waals surface area contributed by atoms with E-state index in [4.69, 9.17) is 28.7 Å². The van der Waals surface area contributed by atoms with Crippen LogP contribution in [0.4, 0.5) is 0 Å². The number of rotatable bonds is 46. The van der Waals surface area contributed by atoms with Crippen molar-refractivity contribution in [1.29, 1.82) is 0 Å². The number of fused-ring (bicyclic) bond motifs is 2. The normalized spacial score (nSPS) is 14.0. The quantitative estimate of drug-likeness (QED) is 0.0175. The Labute approximate surface area is 654 Å². The first kappa shape index (κ1) is 87.8. The fraction of sp³-hybridized carbons (Fsp3) is 0.393. The number of nitrogens with one attached hydrogen (secondary N) is 12. The molecule has 0 unspecified atom stereocenters. The van der Waals surface area contributed by atoms with Gasteiger partial charge in [0.25, 0.3) is 17.7 Å². The zero-order valence-electron chi connectivity index (χ0n) is 64.5. The maximum absolute atomic E-state index is 15.4. The van der Waals surface area contributed by atoms with Gasteiger partial charge in [-0.25, -0.2) is 0 Å². The molecule has 2 aromatic heterocycles. The van der Waals surface area contributed by atoms with Crippen molar-refractivity contribution >= 4 is 105 Å². The van der Waals surface area contributed by atoms with Crippen molar-refractivity contribution in [2.45, 2.75) is 173 Å². The van der Waals surface area contributed by atoms with Crippen LogP contribution in [0.3, 0.4) is 0 Å². The van der Waals surface area contributed by atoms with Crippen molar-refractivity contribution in [2.75, 3.05) is 26.2 Å².